The first-order valence-electron chi connectivity index (χ1n) is 18.2. The molecular formula is C49H31N5O. The molecule has 0 saturated carbocycles. The van der Waals surface area contributed by atoms with Gasteiger partial charge in [0.1, 0.15) is 11.2 Å². The molecule has 3 aromatic heterocycles. The molecule has 0 spiro atoms. The van der Waals surface area contributed by atoms with Gasteiger partial charge in [-0.05, 0) is 23.8 Å². The highest BCUT2D eigenvalue weighted by molar-refractivity contribution is 6.10. The van der Waals surface area contributed by atoms with Crippen LogP contribution in [0.3, 0.4) is 0 Å². The van der Waals surface area contributed by atoms with Crippen molar-refractivity contribution in [3.05, 3.63) is 188 Å². The van der Waals surface area contributed by atoms with Crippen molar-refractivity contribution >= 4 is 21.9 Å². The summed E-state index contributed by atoms with van der Waals surface area (Å²) < 4.78 is 6.59. The highest BCUT2D eigenvalue weighted by atomic mass is 16.3. The minimum absolute atomic E-state index is 0.540. The number of furan rings is 1. The zero-order valence-corrected chi connectivity index (χ0v) is 29.5. The molecule has 7 aromatic carbocycles. The minimum atomic E-state index is 0.540. The van der Waals surface area contributed by atoms with Gasteiger partial charge in [0, 0.05) is 49.7 Å². The summed E-state index contributed by atoms with van der Waals surface area (Å²) in [6.07, 6.45) is 0. The highest BCUT2D eigenvalue weighted by Crippen LogP contribution is 2.41. The van der Waals surface area contributed by atoms with E-state index in [1.807, 2.05) is 127 Å². The zero-order valence-electron chi connectivity index (χ0n) is 29.5. The van der Waals surface area contributed by atoms with E-state index >= 15 is 0 Å². The van der Waals surface area contributed by atoms with E-state index in [2.05, 4.69) is 60.7 Å². The number of para-hydroxylation sites is 2. The van der Waals surface area contributed by atoms with Gasteiger partial charge in [-0.2, -0.15) is 0 Å². The fourth-order valence-electron chi connectivity index (χ4n) is 7.08. The van der Waals surface area contributed by atoms with E-state index in [0.717, 1.165) is 77.8 Å². The normalized spacial score (nSPS) is 11.3. The predicted octanol–water partition coefficient (Wildman–Crippen LogP) is 12.2. The molecule has 0 saturated heterocycles. The summed E-state index contributed by atoms with van der Waals surface area (Å²) in [7, 11) is 0. The monoisotopic (exact) mass is 705 g/mol. The molecule has 258 valence electrons. The van der Waals surface area contributed by atoms with Gasteiger partial charge in [0.05, 0.1) is 11.4 Å². The number of hydrogen-bond donors (Lipinski definition) is 0. The number of hydrogen-bond acceptors (Lipinski definition) is 6. The molecule has 0 radical (unpaired) electrons. The molecule has 0 N–H and O–H groups in total. The molecule has 3 heterocycles. The lowest BCUT2D eigenvalue weighted by Crippen LogP contribution is -2.02. The van der Waals surface area contributed by atoms with E-state index in [1.165, 1.54) is 0 Å². The Kier molecular flexibility index (Phi) is 8.04. The van der Waals surface area contributed by atoms with Crippen LogP contribution >= 0.6 is 0 Å². The van der Waals surface area contributed by atoms with Gasteiger partial charge in [0.2, 0.25) is 0 Å². The van der Waals surface area contributed by atoms with Crippen LogP contribution in [0.4, 0.5) is 0 Å². The van der Waals surface area contributed by atoms with Crippen LogP contribution in [-0.4, -0.2) is 24.9 Å². The molecule has 0 amide bonds. The first kappa shape index (κ1) is 32.1. The van der Waals surface area contributed by atoms with Crippen LogP contribution in [0.2, 0.25) is 0 Å². The van der Waals surface area contributed by atoms with Crippen molar-refractivity contribution in [1.29, 1.82) is 0 Å². The van der Waals surface area contributed by atoms with Gasteiger partial charge in [-0.15, -0.1) is 0 Å². The third-order valence-electron chi connectivity index (χ3n) is 9.78. The van der Waals surface area contributed by atoms with Gasteiger partial charge in [0.15, 0.2) is 23.3 Å². The zero-order chi connectivity index (χ0) is 36.6. The Balaban J connectivity index is 1.25. The van der Waals surface area contributed by atoms with E-state index in [4.69, 9.17) is 29.3 Å². The summed E-state index contributed by atoms with van der Waals surface area (Å²) in [4.78, 5) is 25.6. The van der Waals surface area contributed by atoms with Crippen molar-refractivity contribution in [2.24, 2.45) is 0 Å². The van der Waals surface area contributed by atoms with E-state index in [1.54, 1.807) is 0 Å². The number of rotatable bonds is 7. The van der Waals surface area contributed by atoms with Crippen molar-refractivity contribution < 1.29 is 4.42 Å². The van der Waals surface area contributed by atoms with Crippen LogP contribution in [0, 0.1) is 0 Å². The van der Waals surface area contributed by atoms with Crippen LogP contribution in [0.25, 0.3) is 101 Å². The van der Waals surface area contributed by atoms with Crippen molar-refractivity contribution in [3.8, 4) is 79.2 Å². The molecule has 0 unspecified atom stereocenters. The summed E-state index contributed by atoms with van der Waals surface area (Å²) in [5.41, 5.74) is 10.6. The molecule has 0 bridgehead atoms. The number of fused-ring (bicyclic) bond motifs is 3. The van der Waals surface area contributed by atoms with Crippen LogP contribution in [0.1, 0.15) is 0 Å². The molecule has 0 fully saturated rings. The van der Waals surface area contributed by atoms with Gasteiger partial charge in [-0.25, -0.2) is 24.9 Å². The Morgan fingerprint density at radius 1 is 0.291 bits per heavy atom. The molecule has 6 heteroatoms. The number of nitrogens with zero attached hydrogens (tertiary/aromatic N) is 5. The maximum atomic E-state index is 6.59. The van der Waals surface area contributed by atoms with Gasteiger partial charge in [-0.1, -0.05) is 170 Å². The second-order valence-electron chi connectivity index (χ2n) is 13.3. The SMILES string of the molecule is c1ccc(-c2cc(-c3ccc(-c4cccc5c4oc4ccccc45)c(-c4nc(-c5ccccc5)nc(-c5ccccc5)n4)c3)nc(-c3ccccc3)n2)cc1. The van der Waals surface area contributed by atoms with Gasteiger partial charge >= 0.3 is 0 Å². The molecule has 0 aliphatic heterocycles. The van der Waals surface area contributed by atoms with E-state index in [-0.39, 0.29) is 0 Å². The third kappa shape index (κ3) is 6.11. The Hall–Kier alpha value is -7.57. The molecule has 10 aromatic rings. The van der Waals surface area contributed by atoms with E-state index in [0.29, 0.717) is 23.3 Å². The average Bonchev–Trinajstić information content (AvgIpc) is 3.66. The second kappa shape index (κ2) is 13.8. The number of benzene rings is 7. The summed E-state index contributed by atoms with van der Waals surface area (Å²) in [6.45, 7) is 0. The fourth-order valence-corrected chi connectivity index (χ4v) is 7.08. The van der Waals surface area contributed by atoms with Crippen molar-refractivity contribution in [3.63, 3.8) is 0 Å². The second-order valence-corrected chi connectivity index (χ2v) is 13.3. The Morgan fingerprint density at radius 2 is 0.782 bits per heavy atom. The van der Waals surface area contributed by atoms with Crippen LogP contribution in [0.5, 0.6) is 0 Å². The molecule has 10 rings (SSSR count). The predicted molar refractivity (Wildman–Crippen MR) is 221 cm³/mol. The van der Waals surface area contributed by atoms with Crippen molar-refractivity contribution in [1.82, 2.24) is 24.9 Å². The van der Waals surface area contributed by atoms with Gasteiger partial charge in [-0.3, -0.25) is 0 Å². The number of aromatic nitrogens is 5. The lowest BCUT2D eigenvalue weighted by molar-refractivity contribution is 0.670. The summed E-state index contributed by atoms with van der Waals surface area (Å²) in [6, 6.07) is 63.3. The quantitative estimate of drug-likeness (QED) is 0.164. The maximum Gasteiger partial charge on any atom is 0.164 e. The molecule has 55 heavy (non-hydrogen) atoms. The van der Waals surface area contributed by atoms with Crippen molar-refractivity contribution in [2.45, 2.75) is 0 Å². The average molecular weight is 706 g/mol. The minimum Gasteiger partial charge on any atom is -0.455 e. The van der Waals surface area contributed by atoms with Gasteiger partial charge in [0.25, 0.3) is 0 Å². The molecular weight excluding hydrogens is 675 g/mol. The van der Waals surface area contributed by atoms with Gasteiger partial charge < -0.3 is 4.42 Å². The third-order valence-corrected chi connectivity index (χ3v) is 9.78. The smallest absolute Gasteiger partial charge is 0.164 e. The maximum absolute atomic E-state index is 6.59. The van der Waals surface area contributed by atoms with Crippen LogP contribution in [-0.2, 0) is 0 Å². The Labute approximate surface area is 317 Å². The van der Waals surface area contributed by atoms with Crippen LogP contribution in [0.15, 0.2) is 192 Å². The topological polar surface area (TPSA) is 77.6 Å². The fraction of sp³-hybridized carbons (Fsp3) is 0. The lowest BCUT2D eigenvalue weighted by atomic mass is 9.94. The summed E-state index contributed by atoms with van der Waals surface area (Å²) in [5, 5.41) is 2.11. The van der Waals surface area contributed by atoms with Crippen LogP contribution < -0.4 is 0 Å². The highest BCUT2D eigenvalue weighted by Gasteiger charge is 2.21. The standard InChI is InChI=1S/C49H31N5O/c1-5-16-32(17-6-1)42-31-43(51-46(50-42)33-18-7-2-8-19-33)36-28-29-37(39-25-15-26-40-38-24-13-14-27-44(38)55-45(39)40)41(30-36)49-53-47(34-20-9-3-10-21-34)52-48(54-49)35-22-11-4-12-23-35/h1-31H. The first-order chi connectivity index (χ1) is 27.2. The lowest BCUT2D eigenvalue weighted by Gasteiger charge is -2.15. The first-order valence-corrected chi connectivity index (χ1v) is 18.2. The Morgan fingerprint density at radius 3 is 1.40 bits per heavy atom. The van der Waals surface area contributed by atoms with E-state index < -0.39 is 0 Å². The summed E-state index contributed by atoms with van der Waals surface area (Å²) in [5.74, 6) is 2.36. The molecule has 6 nitrogen and oxygen atoms in total. The Bertz CT molecular complexity index is 2850. The van der Waals surface area contributed by atoms with E-state index in [9.17, 15) is 0 Å². The summed E-state index contributed by atoms with van der Waals surface area (Å²) >= 11 is 0. The largest absolute Gasteiger partial charge is 0.455 e. The molecule has 0 aliphatic rings. The molecule has 0 aliphatic carbocycles. The van der Waals surface area contributed by atoms with Crippen molar-refractivity contribution in [2.75, 3.05) is 0 Å². The molecule has 0 atom stereocenters.